The Kier molecular flexibility index (Phi) is 5.53. The summed E-state index contributed by atoms with van der Waals surface area (Å²) in [4.78, 5) is 0. The number of rotatable bonds is 3. The van der Waals surface area contributed by atoms with E-state index in [1.165, 1.54) is 51.4 Å². The highest BCUT2D eigenvalue weighted by molar-refractivity contribution is 4.98. The van der Waals surface area contributed by atoms with Crippen LogP contribution < -0.4 is 0 Å². The molecule has 0 radical (unpaired) electrons. The van der Waals surface area contributed by atoms with Crippen molar-refractivity contribution in [2.45, 2.75) is 65.2 Å². The normalized spacial score (nSPS) is 38.6. The van der Waals surface area contributed by atoms with Crippen molar-refractivity contribution < 1.29 is 0 Å². The maximum absolute atomic E-state index is 2.56. The molecule has 0 amide bonds. The van der Waals surface area contributed by atoms with Crippen LogP contribution in [0.25, 0.3) is 0 Å². The molecule has 0 heteroatoms. The lowest BCUT2D eigenvalue weighted by Crippen LogP contribution is -2.13. The summed E-state index contributed by atoms with van der Waals surface area (Å²) in [7, 11) is 0. The number of hydrogen-bond donors (Lipinski definition) is 0. The summed E-state index contributed by atoms with van der Waals surface area (Å²) in [5.41, 5.74) is 0. The molecule has 18 heavy (non-hydrogen) atoms. The minimum Gasteiger partial charge on any atom is -0.0914 e. The summed E-state index contributed by atoms with van der Waals surface area (Å²) < 4.78 is 0. The molecule has 2 aliphatic rings. The van der Waals surface area contributed by atoms with Crippen LogP contribution in [0.2, 0.25) is 0 Å². The quantitative estimate of drug-likeness (QED) is 0.556. The molecule has 0 aromatic carbocycles. The van der Waals surface area contributed by atoms with Crippen LogP contribution in [0.5, 0.6) is 0 Å². The van der Waals surface area contributed by atoms with Gasteiger partial charge in [0.25, 0.3) is 0 Å². The molecule has 0 heterocycles. The molecule has 2 aliphatic carbocycles. The highest BCUT2D eigenvalue weighted by Crippen LogP contribution is 2.33. The molecule has 102 valence electrons. The van der Waals surface area contributed by atoms with Gasteiger partial charge in [-0.2, -0.15) is 0 Å². The van der Waals surface area contributed by atoms with E-state index in [9.17, 15) is 0 Å². The van der Waals surface area contributed by atoms with Crippen molar-refractivity contribution in [3.05, 3.63) is 24.3 Å². The van der Waals surface area contributed by atoms with Crippen LogP contribution in [0.3, 0.4) is 0 Å². The second-order valence-electron chi connectivity index (χ2n) is 6.61. The Morgan fingerprint density at radius 1 is 0.611 bits per heavy atom. The van der Waals surface area contributed by atoms with Crippen LogP contribution in [-0.4, -0.2) is 0 Å². The molecule has 2 fully saturated rings. The highest BCUT2D eigenvalue weighted by atomic mass is 14.2. The van der Waals surface area contributed by atoms with Gasteiger partial charge in [-0.05, 0) is 69.1 Å². The summed E-state index contributed by atoms with van der Waals surface area (Å²) in [6, 6.07) is 0. The van der Waals surface area contributed by atoms with Crippen molar-refractivity contribution in [3.63, 3.8) is 0 Å². The first kappa shape index (κ1) is 13.9. The number of hydrogen-bond acceptors (Lipinski definition) is 0. The molecule has 0 bridgehead atoms. The lowest BCUT2D eigenvalue weighted by atomic mass is 9.79. The minimum absolute atomic E-state index is 0.871. The number of allylic oxidation sites excluding steroid dienone is 4. The molecule has 0 saturated heterocycles. The predicted molar refractivity (Wildman–Crippen MR) is 80.5 cm³/mol. The van der Waals surface area contributed by atoms with E-state index >= 15 is 0 Å². The predicted octanol–water partition coefficient (Wildman–Crippen LogP) is 5.75. The van der Waals surface area contributed by atoms with Gasteiger partial charge in [0.15, 0.2) is 0 Å². The standard InChI is InChI=1S/C18H30/c1-3-4-16-9-11-18(12-10-16)14-13-17-7-5-15(2)6-8-17/h3-4,13-18H,5-12H2,1-2H3/b4-3+,14-13+. The fourth-order valence-corrected chi connectivity index (χ4v) is 3.59. The average molecular weight is 246 g/mol. The van der Waals surface area contributed by atoms with Crippen molar-refractivity contribution in [2.24, 2.45) is 23.7 Å². The molecule has 0 aliphatic heterocycles. The van der Waals surface area contributed by atoms with E-state index in [2.05, 4.69) is 38.2 Å². The van der Waals surface area contributed by atoms with Gasteiger partial charge in [0.05, 0.1) is 0 Å². The molecule has 0 unspecified atom stereocenters. The van der Waals surface area contributed by atoms with Crippen LogP contribution >= 0.6 is 0 Å². The molecule has 0 N–H and O–H groups in total. The maximum Gasteiger partial charge on any atom is -0.0233 e. The molecular formula is C18H30. The van der Waals surface area contributed by atoms with Gasteiger partial charge < -0.3 is 0 Å². The van der Waals surface area contributed by atoms with E-state index in [0.29, 0.717) is 0 Å². The smallest absolute Gasteiger partial charge is 0.0233 e. The van der Waals surface area contributed by atoms with Crippen LogP contribution in [-0.2, 0) is 0 Å². The summed E-state index contributed by atoms with van der Waals surface area (Å²) in [5.74, 6) is 3.63. The Labute approximate surface area is 114 Å². The fraction of sp³-hybridized carbons (Fsp3) is 0.778. The van der Waals surface area contributed by atoms with Crippen LogP contribution in [0.4, 0.5) is 0 Å². The van der Waals surface area contributed by atoms with Crippen molar-refractivity contribution in [2.75, 3.05) is 0 Å². The first-order valence-electron chi connectivity index (χ1n) is 8.09. The van der Waals surface area contributed by atoms with E-state index < -0.39 is 0 Å². The first-order chi connectivity index (χ1) is 8.78. The van der Waals surface area contributed by atoms with Crippen LogP contribution in [0.1, 0.15) is 65.2 Å². The molecular weight excluding hydrogens is 216 g/mol. The second kappa shape index (κ2) is 7.16. The van der Waals surface area contributed by atoms with E-state index in [0.717, 1.165) is 23.7 Å². The molecule has 2 saturated carbocycles. The SMILES string of the molecule is C/C=C/C1CCC(/C=C/C2CCC(C)CC2)CC1. The fourth-order valence-electron chi connectivity index (χ4n) is 3.59. The average Bonchev–Trinajstić information content (AvgIpc) is 2.40. The monoisotopic (exact) mass is 246 g/mol. The van der Waals surface area contributed by atoms with Crippen molar-refractivity contribution >= 4 is 0 Å². The molecule has 0 spiro atoms. The first-order valence-corrected chi connectivity index (χ1v) is 8.09. The van der Waals surface area contributed by atoms with Gasteiger partial charge in [-0.3, -0.25) is 0 Å². The lowest BCUT2D eigenvalue weighted by Gasteiger charge is -2.26. The summed E-state index contributed by atoms with van der Waals surface area (Å²) >= 11 is 0. The summed E-state index contributed by atoms with van der Waals surface area (Å²) in [6.45, 7) is 4.55. The van der Waals surface area contributed by atoms with Crippen molar-refractivity contribution in [3.8, 4) is 0 Å². The third kappa shape index (κ3) is 4.30. The largest absolute Gasteiger partial charge is 0.0914 e. The molecule has 0 nitrogen and oxygen atoms in total. The Morgan fingerprint density at radius 2 is 1.00 bits per heavy atom. The van der Waals surface area contributed by atoms with E-state index in [1.54, 1.807) is 0 Å². The molecule has 0 aromatic heterocycles. The van der Waals surface area contributed by atoms with Crippen molar-refractivity contribution in [1.82, 2.24) is 0 Å². The van der Waals surface area contributed by atoms with E-state index in [1.807, 2.05) is 0 Å². The minimum atomic E-state index is 0.871. The molecule has 0 atom stereocenters. The third-order valence-electron chi connectivity index (χ3n) is 5.00. The molecule has 2 rings (SSSR count). The van der Waals surface area contributed by atoms with Gasteiger partial charge in [0.2, 0.25) is 0 Å². The van der Waals surface area contributed by atoms with E-state index in [4.69, 9.17) is 0 Å². The Morgan fingerprint density at radius 3 is 1.44 bits per heavy atom. The highest BCUT2D eigenvalue weighted by Gasteiger charge is 2.19. The summed E-state index contributed by atoms with van der Waals surface area (Å²) in [5, 5.41) is 0. The second-order valence-corrected chi connectivity index (χ2v) is 6.61. The Balaban J connectivity index is 1.71. The van der Waals surface area contributed by atoms with Gasteiger partial charge in [0, 0.05) is 0 Å². The van der Waals surface area contributed by atoms with Crippen LogP contribution in [0.15, 0.2) is 24.3 Å². The lowest BCUT2D eigenvalue weighted by molar-refractivity contribution is 0.325. The zero-order valence-electron chi connectivity index (χ0n) is 12.3. The maximum atomic E-state index is 2.56. The van der Waals surface area contributed by atoms with Crippen LogP contribution in [0, 0.1) is 23.7 Å². The van der Waals surface area contributed by atoms with Gasteiger partial charge in [0.1, 0.15) is 0 Å². The van der Waals surface area contributed by atoms with Gasteiger partial charge in [-0.1, -0.05) is 44.1 Å². The topological polar surface area (TPSA) is 0 Å². The zero-order valence-corrected chi connectivity index (χ0v) is 12.3. The van der Waals surface area contributed by atoms with Gasteiger partial charge >= 0.3 is 0 Å². The Bertz CT molecular complexity index is 270. The van der Waals surface area contributed by atoms with E-state index in [-0.39, 0.29) is 0 Å². The molecule has 0 aromatic rings. The van der Waals surface area contributed by atoms with Crippen molar-refractivity contribution in [1.29, 1.82) is 0 Å². The third-order valence-corrected chi connectivity index (χ3v) is 5.00. The Hall–Kier alpha value is -0.520. The van der Waals surface area contributed by atoms with Gasteiger partial charge in [-0.25, -0.2) is 0 Å². The summed E-state index contributed by atoms with van der Waals surface area (Å²) in [6.07, 6.45) is 21.2. The zero-order chi connectivity index (χ0) is 12.8. The van der Waals surface area contributed by atoms with Gasteiger partial charge in [-0.15, -0.1) is 0 Å².